The lowest BCUT2D eigenvalue weighted by Crippen LogP contribution is -2.59. The first-order valence-electron chi connectivity index (χ1n) is 13.9. The summed E-state index contributed by atoms with van der Waals surface area (Å²) in [4.78, 5) is 44.7. The first-order chi connectivity index (χ1) is 19.2. The fourth-order valence-corrected chi connectivity index (χ4v) is 5.30. The van der Waals surface area contributed by atoms with Crippen LogP contribution < -0.4 is 20.1 Å². The van der Waals surface area contributed by atoms with E-state index in [4.69, 9.17) is 9.47 Å². The van der Waals surface area contributed by atoms with Crippen molar-refractivity contribution in [2.75, 3.05) is 27.7 Å². The minimum absolute atomic E-state index is 0.129. The molecule has 0 spiro atoms. The van der Waals surface area contributed by atoms with Crippen LogP contribution in [-0.4, -0.2) is 79.5 Å². The number of carbonyl (C=O) groups excluding carboxylic acids is 3. The van der Waals surface area contributed by atoms with Crippen LogP contribution in [0.15, 0.2) is 54.7 Å². The summed E-state index contributed by atoms with van der Waals surface area (Å²) < 4.78 is 11.9. The SMILES string of the molecule is CC[C@H](C)[C@@H]1NC(=O)[C@H]2[C@H](CCN2C(=O)[C@H](Cc2ccccc2)N(C)C)Oc2ccc(OC)c(c2)C=CNC1=O. The van der Waals surface area contributed by atoms with Crippen LogP contribution in [0.4, 0.5) is 0 Å². The maximum atomic E-state index is 14.1. The van der Waals surface area contributed by atoms with Crippen molar-refractivity contribution in [1.29, 1.82) is 0 Å². The average molecular weight is 549 g/mol. The number of ether oxygens (including phenoxy) is 2. The Balaban J connectivity index is 1.71. The van der Waals surface area contributed by atoms with Gasteiger partial charge < -0.3 is 25.0 Å². The molecule has 5 atom stereocenters. The Morgan fingerprint density at radius 2 is 1.90 bits per heavy atom. The molecule has 40 heavy (non-hydrogen) atoms. The number of fused-ring (bicyclic) bond motifs is 3. The number of amides is 3. The molecule has 2 heterocycles. The average Bonchev–Trinajstić information content (AvgIpc) is 3.37. The van der Waals surface area contributed by atoms with E-state index in [2.05, 4.69) is 10.6 Å². The molecule has 2 N–H and O–H groups in total. The van der Waals surface area contributed by atoms with Crippen LogP contribution in [0, 0.1) is 5.92 Å². The van der Waals surface area contributed by atoms with Crippen molar-refractivity contribution in [3.05, 3.63) is 65.9 Å². The third-order valence-corrected chi connectivity index (χ3v) is 7.84. The molecule has 4 rings (SSSR count). The summed E-state index contributed by atoms with van der Waals surface area (Å²) >= 11 is 0. The van der Waals surface area contributed by atoms with Crippen LogP contribution in [0.5, 0.6) is 11.5 Å². The highest BCUT2D eigenvalue weighted by Crippen LogP contribution is 2.30. The fraction of sp³-hybridized carbons (Fsp3) is 0.452. The van der Waals surface area contributed by atoms with Gasteiger partial charge in [-0.25, -0.2) is 0 Å². The summed E-state index contributed by atoms with van der Waals surface area (Å²) in [7, 11) is 5.32. The summed E-state index contributed by atoms with van der Waals surface area (Å²) in [5.74, 6) is 0.175. The zero-order valence-electron chi connectivity index (χ0n) is 23.9. The molecule has 2 aromatic rings. The monoisotopic (exact) mass is 548 g/mol. The van der Waals surface area contributed by atoms with Crippen molar-refractivity contribution in [3.63, 3.8) is 0 Å². The highest BCUT2D eigenvalue weighted by atomic mass is 16.5. The molecular formula is C31H40N4O5. The summed E-state index contributed by atoms with van der Waals surface area (Å²) in [5.41, 5.74) is 1.75. The number of hydrogen-bond acceptors (Lipinski definition) is 6. The van der Waals surface area contributed by atoms with Crippen LogP contribution in [0.1, 0.15) is 37.8 Å². The Kier molecular flexibility index (Phi) is 9.47. The van der Waals surface area contributed by atoms with Gasteiger partial charge in [-0.1, -0.05) is 50.6 Å². The highest BCUT2D eigenvalue weighted by Gasteiger charge is 2.46. The van der Waals surface area contributed by atoms with Crippen molar-refractivity contribution in [3.8, 4) is 11.5 Å². The first kappa shape index (κ1) is 29.1. The van der Waals surface area contributed by atoms with Gasteiger partial charge >= 0.3 is 0 Å². The molecule has 2 aliphatic rings. The Bertz CT molecular complexity index is 1230. The number of nitrogens with one attached hydrogen (secondary N) is 2. The molecule has 0 saturated carbocycles. The molecule has 0 aromatic heterocycles. The number of nitrogens with zero attached hydrogens (tertiary/aromatic N) is 2. The summed E-state index contributed by atoms with van der Waals surface area (Å²) in [6.45, 7) is 4.26. The Hall–Kier alpha value is -3.85. The number of rotatable bonds is 7. The summed E-state index contributed by atoms with van der Waals surface area (Å²) in [6.07, 6.45) is 4.37. The highest BCUT2D eigenvalue weighted by molar-refractivity contribution is 5.94. The van der Waals surface area contributed by atoms with E-state index < -0.39 is 30.1 Å². The van der Waals surface area contributed by atoms with E-state index in [1.807, 2.05) is 69.2 Å². The molecule has 1 fully saturated rings. The van der Waals surface area contributed by atoms with Crippen LogP contribution in [0.2, 0.25) is 0 Å². The van der Waals surface area contributed by atoms with Gasteiger partial charge in [0.2, 0.25) is 17.7 Å². The summed E-state index contributed by atoms with van der Waals surface area (Å²) in [6, 6.07) is 13.1. The number of hydrogen-bond donors (Lipinski definition) is 2. The Morgan fingerprint density at radius 3 is 2.58 bits per heavy atom. The molecule has 0 unspecified atom stereocenters. The second-order valence-electron chi connectivity index (χ2n) is 10.7. The lowest BCUT2D eigenvalue weighted by Gasteiger charge is -2.34. The van der Waals surface area contributed by atoms with E-state index >= 15 is 0 Å². The molecule has 2 aromatic carbocycles. The Labute approximate surface area is 236 Å². The molecule has 1 saturated heterocycles. The van der Waals surface area contributed by atoms with Crippen LogP contribution in [0.25, 0.3) is 6.08 Å². The normalized spacial score (nSPS) is 22.6. The van der Waals surface area contributed by atoms with Gasteiger partial charge in [0.25, 0.3) is 0 Å². The van der Waals surface area contributed by atoms with E-state index in [1.165, 1.54) is 0 Å². The van der Waals surface area contributed by atoms with Gasteiger partial charge in [-0.2, -0.15) is 0 Å². The quantitative estimate of drug-likeness (QED) is 0.552. The fourth-order valence-electron chi connectivity index (χ4n) is 5.30. The molecule has 9 heteroatoms. The lowest BCUT2D eigenvalue weighted by molar-refractivity contribution is -0.144. The topological polar surface area (TPSA) is 100 Å². The number of likely N-dealkylation sites (N-methyl/N-ethyl adjacent to an activating group) is 1. The smallest absolute Gasteiger partial charge is 0.247 e. The van der Waals surface area contributed by atoms with Gasteiger partial charge in [-0.15, -0.1) is 0 Å². The minimum Gasteiger partial charge on any atom is -0.496 e. The molecule has 0 aliphatic carbocycles. The molecule has 0 radical (unpaired) electrons. The van der Waals surface area contributed by atoms with Crippen molar-refractivity contribution in [1.82, 2.24) is 20.4 Å². The van der Waals surface area contributed by atoms with E-state index in [-0.39, 0.29) is 17.7 Å². The minimum atomic E-state index is -0.899. The zero-order chi connectivity index (χ0) is 28.8. The van der Waals surface area contributed by atoms with Crippen LogP contribution >= 0.6 is 0 Å². The molecule has 3 amide bonds. The van der Waals surface area contributed by atoms with Crippen molar-refractivity contribution < 1.29 is 23.9 Å². The zero-order valence-corrected chi connectivity index (χ0v) is 23.9. The van der Waals surface area contributed by atoms with Gasteiger partial charge in [0.1, 0.15) is 29.7 Å². The maximum Gasteiger partial charge on any atom is 0.247 e. The van der Waals surface area contributed by atoms with Gasteiger partial charge in [-0.05, 0) is 56.3 Å². The van der Waals surface area contributed by atoms with Crippen LogP contribution in [0.3, 0.4) is 0 Å². The van der Waals surface area contributed by atoms with Gasteiger partial charge in [-0.3, -0.25) is 19.3 Å². The lowest BCUT2D eigenvalue weighted by atomic mass is 9.97. The Morgan fingerprint density at radius 1 is 1.15 bits per heavy atom. The van der Waals surface area contributed by atoms with Gasteiger partial charge in [0, 0.05) is 24.7 Å². The van der Waals surface area contributed by atoms with E-state index in [0.717, 1.165) is 11.1 Å². The molecule has 2 bridgehead atoms. The molecule has 2 aliphatic heterocycles. The van der Waals surface area contributed by atoms with Gasteiger partial charge in [0.15, 0.2) is 0 Å². The summed E-state index contributed by atoms with van der Waals surface area (Å²) in [5, 5.41) is 5.77. The number of methoxy groups -OCH3 is 1. The molecule has 214 valence electrons. The van der Waals surface area contributed by atoms with Crippen molar-refractivity contribution in [2.45, 2.75) is 57.3 Å². The van der Waals surface area contributed by atoms with Crippen LogP contribution in [-0.2, 0) is 20.8 Å². The molecule has 9 nitrogen and oxygen atoms in total. The third kappa shape index (κ3) is 6.47. The predicted molar refractivity (Wildman–Crippen MR) is 154 cm³/mol. The van der Waals surface area contributed by atoms with E-state index in [0.29, 0.717) is 37.3 Å². The predicted octanol–water partition coefficient (Wildman–Crippen LogP) is 2.85. The number of likely N-dealkylation sites (tertiary alicyclic amines) is 1. The standard InChI is InChI=1S/C31H40N4O5/c1-6-20(2)27-29(36)32-16-14-22-19-23(12-13-25(22)39-5)40-26-15-17-35(28(26)30(37)33-27)31(38)24(34(3)4)18-21-10-8-7-9-11-21/h7-14,16,19-20,24,26-28H,6,15,17-18H2,1-5H3,(H,32,36)(H,33,37)/t20-,24-,26-,27-,28+/m0/s1. The maximum absolute atomic E-state index is 14.1. The van der Waals surface area contributed by atoms with Crippen molar-refractivity contribution in [2.24, 2.45) is 5.92 Å². The second kappa shape index (κ2) is 13.0. The third-order valence-electron chi connectivity index (χ3n) is 7.84. The number of benzene rings is 2. The van der Waals surface area contributed by atoms with Crippen molar-refractivity contribution >= 4 is 23.8 Å². The van der Waals surface area contributed by atoms with E-state index in [9.17, 15) is 14.4 Å². The largest absolute Gasteiger partial charge is 0.496 e. The van der Waals surface area contributed by atoms with E-state index in [1.54, 1.807) is 36.4 Å². The molecular weight excluding hydrogens is 508 g/mol. The first-order valence-corrected chi connectivity index (χ1v) is 13.9. The number of carbonyl (C=O) groups is 3. The van der Waals surface area contributed by atoms with Gasteiger partial charge in [0.05, 0.1) is 13.2 Å². The second-order valence-corrected chi connectivity index (χ2v) is 10.7.